The number of fused-ring (bicyclic) bond motifs is 1. The van der Waals surface area contributed by atoms with Gasteiger partial charge < -0.3 is 10.2 Å². The van der Waals surface area contributed by atoms with E-state index >= 15 is 0 Å². The van der Waals surface area contributed by atoms with Gasteiger partial charge in [0.1, 0.15) is 6.54 Å². The fraction of sp³-hybridized carbons (Fsp3) is 0.320. The zero-order chi connectivity index (χ0) is 22.0. The van der Waals surface area contributed by atoms with Crippen molar-refractivity contribution < 1.29 is 9.59 Å². The summed E-state index contributed by atoms with van der Waals surface area (Å²) in [6.45, 7) is 5.25. The molecule has 0 unspecified atom stereocenters. The van der Waals surface area contributed by atoms with Crippen LogP contribution >= 0.6 is 0 Å². The third kappa shape index (κ3) is 4.38. The molecule has 1 saturated heterocycles. The molecule has 1 N–H and O–H groups in total. The lowest BCUT2D eigenvalue weighted by Gasteiger charge is -2.27. The summed E-state index contributed by atoms with van der Waals surface area (Å²) in [5, 5.41) is 3.58. The number of aromatic nitrogens is 1. The van der Waals surface area contributed by atoms with E-state index < -0.39 is 0 Å². The summed E-state index contributed by atoms with van der Waals surface area (Å²) in [7, 11) is 0. The monoisotopic (exact) mass is 417 g/mol. The van der Waals surface area contributed by atoms with Crippen LogP contribution < -0.4 is 10.9 Å². The minimum Gasteiger partial charge on any atom is -0.339 e. The molecule has 0 spiro atoms. The van der Waals surface area contributed by atoms with Gasteiger partial charge in [0.25, 0.3) is 11.5 Å². The Hall–Kier alpha value is -3.41. The number of likely N-dealkylation sites (tertiary alicyclic amines) is 1. The van der Waals surface area contributed by atoms with Crippen molar-refractivity contribution in [1.29, 1.82) is 0 Å². The van der Waals surface area contributed by atoms with Crippen molar-refractivity contribution in [2.75, 3.05) is 18.4 Å². The molecule has 6 heteroatoms. The fourth-order valence-electron chi connectivity index (χ4n) is 4.23. The van der Waals surface area contributed by atoms with Crippen molar-refractivity contribution in [1.82, 2.24) is 9.47 Å². The van der Waals surface area contributed by atoms with E-state index in [1.165, 1.54) is 10.6 Å². The smallest absolute Gasteiger partial charge is 0.254 e. The molecule has 0 bridgehead atoms. The SMILES string of the molecule is Cc1ccc(NC(=O)Cn2c(=O)cc(C(=O)N3CCCCC3)c3ccccc32)c(C)c1. The van der Waals surface area contributed by atoms with Crippen LogP contribution in [0.2, 0.25) is 0 Å². The van der Waals surface area contributed by atoms with E-state index in [2.05, 4.69) is 5.32 Å². The van der Waals surface area contributed by atoms with Gasteiger partial charge in [0, 0.05) is 30.2 Å². The minimum absolute atomic E-state index is 0.111. The van der Waals surface area contributed by atoms with E-state index in [0.29, 0.717) is 29.6 Å². The maximum absolute atomic E-state index is 13.1. The van der Waals surface area contributed by atoms with Gasteiger partial charge in [0.05, 0.1) is 11.1 Å². The summed E-state index contributed by atoms with van der Waals surface area (Å²) in [5.74, 6) is -0.394. The molecule has 3 aromatic rings. The number of carbonyl (C=O) groups excluding carboxylic acids is 2. The third-order valence-electron chi connectivity index (χ3n) is 5.85. The summed E-state index contributed by atoms with van der Waals surface area (Å²) in [4.78, 5) is 40.6. The molecule has 4 rings (SSSR count). The van der Waals surface area contributed by atoms with E-state index in [0.717, 1.165) is 36.1 Å². The summed E-state index contributed by atoms with van der Waals surface area (Å²) < 4.78 is 1.43. The second-order valence-corrected chi connectivity index (χ2v) is 8.22. The average Bonchev–Trinajstić information content (AvgIpc) is 2.77. The first kappa shape index (κ1) is 20.8. The number of benzene rings is 2. The number of piperidine rings is 1. The predicted molar refractivity (Wildman–Crippen MR) is 123 cm³/mol. The molecule has 31 heavy (non-hydrogen) atoms. The molecule has 2 amide bonds. The lowest BCUT2D eigenvalue weighted by Crippen LogP contribution is -2.37. The quantitative estimate of drug-likeness (QED) is 0.700. The van der Waals surface area contributed by atoms with Crippen LogP contribution in [0, 0.1) is 13.8 Å². The molecule has 1 fully saturated rings. The number of nitrogens with zero attached hydrogens (tertiary/aromatic N) is 2. The Morgan fingerprint density at radius 1 is 0.968 bits per heavy atom. The maximum atomic E-state index is 13.1. The third-order valence-corrected chi connectivity index (χ3v) is 5.85. The topological polar surface area (TPSA) is 71.4 Å². The highest BCUT2D eigenvalue weighted by molar-refractivity contribution is 6.06. The number of amides is 2. The number of rotatable bonds is 4. The lowest BCUT2D eigenvalue weighted by atomic mass is 10.0. The first-order chi connectivity index (χ1) is 14.9. The number of hydrogen-bond acceptors (Lipinski definition) is 3. The van der Waals surface area contributed by atoms with Crippen molar-refractivity contribution >= 4 is 28.4 Å². The number of nitrogens with one attached hydrogen (secondary N) is 1. The largest absolute Gasteiger partial charge is 0.339 e. The highest BCUT2D eigenvalue weighted by Gasteiger charge is 2.22. The van der Waals surface area contributed by atoms with E-state index in [4.69, 9.17) is 0 Å². The molecule has 2 heterocycles. The molecule has 1 aromatic heterocycles. The van der Waals surface area contributed by atoms with Gasteiger partial charge in [0.15, 0.2) is 0 Å². The molecule has 0 saturated carbocycles. The Balaban J connectivity index is 1.66. The van der Waals surface area contributed by atoms with Gasteiger partial charge in [-0.3, -0.25) is 19.0 Å². The van der Waals surface area contributed by atoms with Crippen LogP contribution in [0.4, 0.5) is 5.69 Å². The second kappa shape index (κ2) is 8.76. The van der Waals surface area contributed by atoms with Gasteiger partial charge in [-0.2, -0.15) is 0 Å². The van der Waals surface area contributed by atoms with Crippen molar-refractivity contribution in [3.63, 3.8) is 0 Å². The van der Waals surface area contributed by atoms with Crippen LogP contribution in [-0.4, -0.2) is 34.4 Å². The van der Waals surface area contributed by atoms with E-state index in [1.807, 2.05) is 55.1 Å². The van der Waals surface area contributed by atoms with Crippen molar-refractivity contribution in [2.45, 2.75) is 39.7 Å². The van der Waals surface area contributed by atoms with Crippen LogP contribution in [-0.2, 0) is 11.3 Å². The summed E-state index contributed by atoms with van der Waals surface area (Å²) in [6.07, 6.45) is 3.10. The first-order valence-corrected chi connectivity index (χ1v) is 10.7. The standard InChI is InChI=1S/C25H27N3O3/c1-17-10-11-21(18(2)14-17)26-23(29)16-28-22-9-5-4-8-19(22)20(15-24(28)30)25(31)27-12-6-3-7-13-27/h4-5,8-11,14-15H,3,6-7,12-13,16H2,1-2H3,(H,26,29). The minimum atomic E-state index is -0.352. The first-order valence-electron chi connectivity index (χ1n) is 10.7. The van der Waals surface area contributed by atoms with Crippen molar-refractivity contribution in [3.8, 4) is 0 Å². The molecule has 0 radical (unpaired) electrons. The molecular formula is C25H27N3O3. The van der Waals surface area contributed by atoms with Gasteiger partial charge in [-0.05, 0) is 50.8 Å². The number of anilines is 1. The van der Waals surface area contributed by atoms with Crippen molar-refractivity contribution in [3.05, 3.63) is 75.6 Å². The summed E-state index contributed by atoms with van der Waals surface area (Å²) in [5.41, 5.74) is 3.46. The Kier molecular flexibility index (Phi) is 5.89. The number of pyridine rings is 1. The fourth-order valence-corrected chi connectivity index (χ4v) is 4.23. The number of hydrogen-bond donors (Lipinski definition) is 1. The van der Waals surface area contributed by atoms with Gasteiger partial charge in [0.2, 0.25) is 5.91 Å². The van der Waals surface area contributed by atoms with Crippen LogP contribution in [0.25, 0.3) is 10.9 Å². The zero-order valence-corrected chi connectivity index (χ0v) is 18.0. The molecule has 2 aromatic carbocycles. The van der Waals surface area contributed by atoms with E-state index in [1.54, 1.807) is 6.07 Å². The van der Waals surface area contributed by atoms with Gasteiger partial charge in [-0.15, -0.1) is 0 Å². The van der Waals surface area contributed by atoms with Gasteiger partial charge in [-0.1, -0.05) is 35.9 Å². The van der Waals surface area contributed by atoms with E-state index in [-0.39, 0.29) is 23.9 Å². The average molecular weight is 418 g/mol. The van der Waals surface area contributed by atoms with Crippen LogP contribution in [0.3, 0.4) is 0 Å². The number of aryl methyl sites for hydroxylation is 2. The molecule has 0 atom stereocenters. The Bertz CT molecular complexity index is 1210. The molecule has 1 aliphatic rings. The second-order valence-electron chi connectivity index (χ2n) is 8.22. The van der Waals surface area contributed by atoms with Crippen LogP contribution in [0.1, 0.15) is 40.7 Å². The lowest BCUT2D eigenvalue weighted by molar-refractivity contribution is -0.116. The normalized spacial score (nSPS) is 13.9. The molecule has 0 aliphatic carbocycles. The highest BCUT2D eigenvalue weighted by atomic mass is 16.2. The Morgan fingerprint density at radius 3 is 2.45 bits per heavy atom. The number of carbonyl (C=O) groups is 2. The van der Waals surface area contributed by atoms with Gasteiger partial charge >= 0.3 is 0 Å². The van der Waals surface area contributed by atoms with Crippen LogP contribution in [0.15, 0.2) is 53.3 Å². The Morgan fingerprint density at radius 2 is 1.71 bits per heavy atom. The molecule has 6 nitrogen and oxygen atoms in total. The highest BCUT2D eigenvalue weighted by Crippen LogP contribution is 2.21. The summed E-state index contributed by atoms with van der Waals surface area (Å²) >= 11 is 0. The number of para-hydroxylation sites is 1. The van der Waals surface area contributed by atoms with Crippen LogP contribution in [0.5, 0.6) is 0 Å². The zero-order valence-electron chi connectivity index (χ0n) is 18.0. The summed E-state index contributed by atoms with van der Waals surface area (Å²) in [6, 6.07) is 14.5. The molecular weight excluding hydrogens is 390 g/mol. The van der Waals surface area contributed by atoms with E-state index in [9.17, 15) is 14.4 Å². The molecule has 1 aliphatic heterocycles. The molecule has 160 valence electrons. The predicted octanol–water partition coefficient (Wildman–Crippen LogP) is 3.88. The van der Waals surface area contributed by atoms with Crippen molar-refractivity contribution in [2.24, 2.45) is 0 Å². The van der Waals surface area contributed by atoms with Gasteiger partial charge in [-0.25, -0.2) is 0 Å². The maximum Gasteiger partial charge on any atom is 0.254 e. The Labute approximate surface area is 181 Å².